The van der Waals surface area contributed by atoms with Crippen LogP contribution in [0.5, 0.6) is 5.75 Å². The summed E-state index contributed by atoms with van der Waals surface area (Å²) in [5, 5.41) is 0.929. The highest BCUT2D eigenvalue weighted by molar-refractivity contribution is 9.10. The molecule has 0 aromatic heterocycles. The standard InChI is InChI=1S/C12H13BrCl2O2/c1-3-7(2)11(16)6-17-12-5-9(14)8(13)4-10(12)15/h4-5,7H,3,6H2,1-2H3. The van der Waals surface area contributed by atoms with Crippen LogP contribution in [0.3, 0.4) is 0 Å². The van der Waals surface area contributed by atoms with Crippen LogP contribution in [0.2, 0.25) is 10.0 Å². The molecule has 0 saturated heterocycles. The minimum Gasteiger partial charge on any atom is -0.484 e. The third-order valence-electron chi connectivity index (χ3n) is 2.51. The molecule has 0 aliphatic carbocycles. The molecule has 5 heteroatoms. The number of halogens is 3. The van der Waals surface area contributed by atoms with E-state index in [0.717, 1.165) is 6.42 Å². The molecule has 0 aliphatic rings. The summed E-state index contributed by atoms with van der Waals surface area (Å²) in [7, 11) is 0. The van der Waals surface area contributed by atoms with Crippen LogP contribution in [0.15, 0.2) is 16.6 Å². The Labute approximate surface area is 119 Å². The van der Waals surface area contributed by atoms with Crippen LogP contribution in [0, 0.1) is 5.92 Å². The molecule has 17 heavy (non-hydrogen) atoms. The van der Waals surface area contributed by atoms with Crippen molar-refractivity contribution >= 4 is 44.9 Å². The van der Waals surface area contributed by atoms with Gasteiger partial charge in [-0.3, -0.25) is 4.79 Å². The van der Waals surface area contributed by atoms with Gasteiger partial charge in [-0.2, -0.15) is 0 Å². The number of benzene rings is 1. The van der Waals surface area contributed by atoms with Crippen molar-refractivity contribution < 1.29 is 9.53 Å². The van der Waals surface area contributed by atoms with Gasteiger partial charge in [-0.05, 0) is 28.4 Å². The maximum Gasteiger partial charge on any atom is 0.172 e. The molecule has 2 nitrogen and oxygen atoms in total. The fourth-order valence-corrected chi connectivity index (χ4v) is 1.98. The molecule has 0 amide bonds. The van der Waals surface area contributed by atoms with Gasteiger partial charge in [0.05, 0.1) is 10.0 Å². The summed E-state index contributed by atoms with van der Waals surface area (Å²) in [5.41, 5.74) is 0. The lowest BCUT2D eigenvalue weighted by Crippen LogP contribution is -2.18. The zero-order valence-electron chi connectivity index (χ0n) is 9.60. The summed E-state index contributed by atoms with van der Waals surface area (Å²) in [6, 6.07) is 3.24. The lowest BCUT2D eigenvalue weighted by molar-refractivity contribution is -0.124. The van der Waals surface area contributed by atoms with Gasteiger partial charge in [-0.1, -0.05) is 37.0 Å². The van der Waals surface area contributed by atoms with Crippen LogP contribution in [0.25, 0.3) is 0 Å². The van der Waals surface area contributed by atoms with Crippen LogP contribution in [-0.4, -0.2) is 12.4 Å². The normalized spacial score (nSPS) is 12.3. The van der Waals surface area contributed by atoms with Crippen molar-refractivity contribution in [1.82, 2.24) is 0 Å². The average molecular weight is 340 g/mol. The number of Topliss-reactive ketones (excluding diaryl/α,β-unsaturated/α-hetero) is 1. The third kappa shape index (κ3) is 4.16. The molecule has 0 heterocycles. The second-order valence-electron chi connectivity index (χ2n) is 3.76. The van der Waals surface area contributed by atoms with Crippen LogP contribution in [-0.2, 0) is 4.79 Å². The molecule has 0 bridgehead atoms. The van der Waals surface area contributed by atoms with Gasteiger partial charge < -0.3 is 4.74 Å². The minimum atomic E-state index is -0.000282. The highest BCUT2D eigenvalue weighted by atomic mass is 79.9. The van der Waals surface area contributed by atoms with Crippen molar-refractivity contribution in [1.29, 1.82) is 0 Å². The number of hydrogen-bond acceptors (Lipinski definition) is 2. The average Bonchev–Trinajstić information content (AvgIpc) is 2.30. The van der Waals surface area contributed by atoms with E-state index in [0.29, 0.717) is 20.3 Å². The molecule has 1 unspecified atom stereocenters. The number of carbonyl (C=O) groups is 1. The van der Waals surface area contributed by atoms with E-state index in [-0.39, 0.29) is 18.3 Å². The Kier molecular flexibility index (Phi) is 5.77. The first kappa shape index (κ1) is 14.8. The second kappa shape index (κ2) is 6.62. The number of hydrogen-bond donors (Lipinski definition) is 0. The molecule has 1 aromatic rings. The molecule has 0 saturated carbocycles. The van der Waals surface area contributed by atoms with Crippen LogP contribution in [0.4, 0.5) is 0 Å². The number of carbonyl (C=O) groups excluding carboxylic acids is 1. The second-order valence-corrected chi connectivity index (χ2v) is 5.43. The van der Waals surface area contributed by atoms with Crippen molar-refractivity contribution in [3.05, 3.63) is 26.7 Å². The summed E-state index contributed by atoms with van der Waals surface area (Å²) in [5.74, 6) is 0.485. The Balaban J connectivity index is 2.70. The third-order valence-corrected chi connectivity index (χ3v) is 4.00. The Bertz CT molecular complexity index is 421. The molecule has 0 spiro atoms. The first-order valence-corrected chi connectivity index (χ1v) is 6.80. The van der Waals surface area contributed by atoms with Gasteiger partial charge in [0.15, 0.2) is 5.78 Å². The lowest BCUT2D eigenvalue weighted by Gasteiger charge is -2.11. The van der Waals surface area contributed by atoms with Crippen molar-refractivity contribution in [3.8, 4) is 5.75 Å². The van der Waals surface area contributed by atoms with Crippen molar-refractivity contribution in [2.75, 3.05) is 6.61 Å². The molecule has 0 N–H and O–H groups in total. The van der Waals surface area contributed by atoms with Gasteiger partial charge in [0.1, 0.15) is 12.4 Å². The molecule has 1 rings (SSSR count). The molecular weight excluding hydrogens is 327 g/mol. The predicted molar refractivity (Wildman–Crippen MR) is 74.1 cm³/mol. The van der Waals surface area contributed by atoms with Gasteiger partial charge in [0, 0.05) is 16.5 Å². The first-order chi connectivity index (χ1) is 7.95. The van der Waals surface area contributed by atoms with Gasteiger partial charge in [0.2, 0.25) is 0 Å². The van der Waals surface area contributed by atoms with E-state index in [1.165, 1.54) is 0 Å². The number of rotatable bonds is 5. The van der Waals surface area contributed by atoms with E-state index >= 15 is 0 Å². The van der Waals surface area contributed by atoms with Gasteiger partial charge in [-0.25, -0.2) is 0 Å². The zero-order chi connectivity index (χ0) is 13.0. The highest BCUT2D eigenvalue weighted by Crippen LogP contribution is 2.34. The largest absolute Gasteiger partial charge is 0.484 e. The Morgan fingerprint density at radius 1 is 1.41 bits per heavy atom. The van der Waals surface area contributed by atoms with E-state index in [9.17, 15) is 4.79 Å². The minimum absolute atomic E-state index is 0.000282. The van der Waals surface area contributed by atoms with Crippen LogP contribution >= 0.6 is 39.1 Å². The topological polar surface area (TPSA) is 26.3 Å². The smallest absolute Gasteiger partial charge is 0.172 e. The van der Waals surface area contributed by atoms with E-state index in [2.05, 4.69) is 15.9 Å². The summed E-state index contributed by atoms with van der Waals surface area (Å²) in [6.45, 7) is 3.86. The predicted octanol–water partition coefficient (Wildman–Crippen LogP) is 4.75. The molecule has 1 atom stereocenters. The zero-order valence-corrected chi connectivity index (χ0v) is 12.7. The molecule has 0 fully saturated rings. The van der Waals surface area contributed by atoms with Gasteiger partial charge >= 0.3 is 0 Å². The summed E-state index contributed by atoms with van der Waals surface area (Å²) < 4.78 is 6.07. The summed E-state index contributed by atoms with van der Waals surface area (Å²) >= 11 is 15.1. The summed E-state index contributed by atoms with van der Waals surface area (Å²) in [6.07, 6.45) is 0.803. The first-order valence-electron chi connectivity index (χ1n) is 5.25. The lowest BCUT2D eigenvalue weighted by atomic mass is 10.1. The maximum atomic E-state index is 11.6. The monoisotopic (exact) mass is 338 g/mol. The van der Waals surface area contributed by atoms with Crippen molar-refractivity contribution in [2.24, 2.45) is 5.92 Å². The van der Waals surface area contributed by atoms with E-state index in [4.69, 9.17) is 27.9 Å². The molecule has 1 aromatic carbocycles. The number of ketones is 1. The highest BCUT2D eigenvalue weighted by Gasteiger charge is 2.13. The Morgan fingerprint density at radius 2 is 2.06 bits per heavy atom. The Hall–Kier alpha value is -0.250. The van der Waals surface area contributed by atoms with Crippen LogP contribution < -0.4 is 4.74 Å². The Morgan fingerprint density at radius 3 is 2.65 bits per heavy atom. The molecular formula is C12H13BrCl2O2. The van der Waals surface area contributed by atoms with Gasteiger partial charge in [-0.15, -0.1) is 0 Å². The van der Waals surface area contributed by atoms with Crippen molar-refractivity contribution in [2.45, 2.75) is 20.3 Å². The van der Waals surface area contributed by atoms with Gasteiger partial charge in [0.25, 0.3) is 0 Å². The SMILES string of the molecule is CCC(C)C(=O)COc1cc(Cl)c(Br)cc1Cl. The van der Waals surface area contributed by atoms with E-state index in [1.807, 2.05) is 13.8 Å². The maximum absolute atomic E-state index is 11.6. The van der Waals surface area contributed by atoms with Crippen LogP contribution in [0.1, 0.15) is 20.3 Å². The molecule has 0 aliphatic heterocycles. The molecule has 0 radical (unpaired) electrons. The number of ether oxygens (including phenoxy) is 1. The fourth-order valence-electron chi connectivity index (χ4n) is 1.13. The van der Waals surface area contributed by atoms with E-state index < -0.39 is 0 Å². The fraction of sp³-hybridized carbons (Fsp3) is 0.417. The van der Waals surface area contributed by atoms with E-state index in [1.54, 1.807) is 12.1 Å². The van der Waals surface area contributed by atoms with Crippen molar-refractivity contribution in [3.63, 3.8) is 0 Å². The quantitative estimate of drug-likeness (QED) is 0.723. The summed E-state index contributed by atoms with van der Waals surface area (Å²) in [4.78, 5) is 11.6. The molecule has 94 valence electrons.